The molecule has 1 rings (SSSR count). The standard InChI is InChI=1S/C8H4Cl2F2O2S/c9-6-1-3(7(10)15-6)4(13)2-5(14)8(11)12/h1,8H,2H2. The molecule has 1 heterocycles. The van der Waals surface area contributed by atoms with E-state index in [1.807, 2.05) is 0 Å². The van der Waals surface area contributed by atoms with Crippen molar-refractivity contribution < 1.29 is 18.4 Å². The van der Waals surface area contributed by atoms with E-state index >= 15 is 0 Å². The number of hydrogen-bond donors (Lipinski definition) is 0. The Morgan fingerprint density at radius 2 is 2.00 bits per heavy atom. The fourth-order valence-electron chi connectivity index (χ4n) is 0.861. The van der Waals surface area contributed by atoms with Gasteiger partial charge in [0, 0.05) is 5.56 Å². The number of carbonyl (C=O) groups is 2. The summed E-state index contributed by atoms with van der Waals surface area (Å²) in [5, 5.41) is 0. The van der Waals surface area contributed by atoms with E-state index in [0.717, 1.165) is 11.3 Å². The van der Waals surface area contributed by atoms with Crippen molar-refractivity contribution in [3.8, 4) is 0 Å². The maximum Gasteiger partial charge on any atom is 0.296 e. The number of Topliss-reactive ketones (excluding diaryl/α,β-unsaturated/α-hetero) is 2. The van der Waals surface area contributed by atoms with Crippen molar-refractivity contribution >= 4 is 46.1 Å². The van der Waals surface area contributed by atoms with Gasteiger partial charge in [-0.3, -0.25) is 9.59 Å². The summed E-state index contributed by atoms with van der Waals surface area (Å²) in [5.41, 5.74) is 0.0145. The van der Waals surface area contributed by atoms with Crippen molar-refractivity contribution in [2.24, 2.45) is 0 Å². The summed E-state index contributed by atoms with van der Waals surface area (Å²) in [6, 6.07) is 1.26. The Morgan fingerprint density at radius 1 is 1.40 bits per heavy atom. The third kappa shape index (κ3) is 3.22. The van der Waals surface area contributed by atoms with E-state index in [1.165, 1.54) is 6.07 Å². The summed E-state index contributed by atoms with van der Waals surface area (Å²) in [7, 11) is 0. The Bertz CT molecular complexity index is 403. The lowest BCUT2D eigenvalue weighted by molar-refractivity contribution is -0.128. The minimum absolute atomic E-state index is 0.0145. The second-order valence-corrected chi connectivity index (χ2v) is 4.89. The van der Waals surface area contributed by atoms with Gasteiger partial charge in [-0.15, -0.1) is 11.3 Å². The highest BCUT2D eigenvalue weighted by atomic mass is 35.5. The second-order valence-electron chi connectivity index (χ2n) is 2.60. The summed E-state index contributed by atoms with van der Waals surface area (Å²) in [6.45, 7) is 0. The fraction of sp³-hybridized carbons (Fsp3) is 0.250. The molecule has 1 aromatic heterocycles. The topological polar surface area (TPSA) is 34.1 Å². The quantitative estimate of drug-likeness (QED) is 0.621. The smallest absolute Gasteiger partial charge is 0.294 e. The third-order valence-electron chi connectivity index (χ3n) is 1.54. The van der Waals surface area contributed by atoms with Gasteiger partial charge in [0.1, 0.15) is 4.34 Å². The van der Waals surface area contributed by atoms with Crippen molar-refractivity contribution in [1.82, 2.24) is 0 Å². The number of carbonyl (C=O) groups excluding carboxylic acids is 2. The number of hydrogen-bond acceptors (Lipinski definition) is 3. The average Bonchev–Trinajstić information content (AvgIpc) is 2.44. The van der Waals surface area contributed by atoms with Gasteiger partial charge in [0.25, 0.3) is 6.43 Å². The van der Waals surface area contributed by atoms with Crippen molar-refractivity contribution in [2.75, 3.05) is 0 Å². The van der Waals surface area contributed by atoms with E-state index in [9.17, 15) is 18.4 Å². The van der Waals surface area contributed by atoms with Crippen LogP contribution >= 0.6 is 34.5 Å². The second kappa shape index (κ2) is 5.01. The fourth-order valence-corrected chi connectivity index (χ4v) is 2.36. The molecule has 0 atom stereocenters. The molecule has 7 heteroatoms. The van der Waals surface area contributed by atoms with Gasteiger partial charge in [0.05, 0.1) is 10.8 Å². The number of ketones is 2. The zero-order valence-corrected chi connectivity index (χ0v) is 9.43. The summed E-state index contributed by atoms with van der Waals surface area (Å²) >= 11 is 12.1. The molecule has 0 N–H and O–H groups in total. The number of rotatable bonds is 4. The molecular formula is C8H4Cl2F2O2S. The normalized spacial score (nSPS) is 10.7. The minimum atomic E-state index is -3.14. The first-order valence-corrected chi connectivity index (χ1v) is 5.28. The maximum atomic E-state index is 11.9. The number of thiophene rings is 1. The molecule has 0 saturated heterocycles. The first-order valence-electron chi connectivity index (χ1n) is 3.70. The Labute approximate surface area is 97.8 Å². The zero-order valence-electron chi connectivity index (χ0n) is 7.10. The van der Waals surface area contributed by atoms with Crippen LogP contribution in [-0.2, 0) is 4.79 Å². The molecule has 0 aliphatic rings. The van der Waals surface area contributed by atoms with E-state index < -0.39 is 24.4 Å². The van der Waals surface area contributed by atoms with Crippen LogP contribution < -0.4 is 0 Å². The molecule has 0 bridgehead atoms. The molecule has 0 radical (unpaired) electrons. The van der Waals surface area contributed by atoms with Crippen LogP contribution in [0.2, 0.25) is 8.67 Å². The van der Waals surface area contributed by atoms with E-state index in [1.54, 1.807) is 0 Å². The monoisotopic (exact) mass is 272 g/mol. The predicted octanol–water partition coefficient (Wildman–Crippen LogP) is 3.46. The molecule has 15 heavy (non-hydrogen) atoms. The van der Waals surface area contributed by atoms with Gasteiger partial charge in [0.2, 0.25) is 5.78 Å². The largest absolute Gasteiger partial charge is 0.296 e. The Morgan fingerprint density at radius 3 is 2.40 bits per heavy atom. The zero-order chi connectivity index (χ0) is 11.6. The van der Waals surface area contributed by atoms with Crippen LogP contribution in [0, 0.1) is 0 Å². The highest BCUT2D eigenvalue weighted by Gasteiger charge is 2.22. The maximum absolute atomic E-state index is 11.9. The Hall–Kier alpha value is -0.520. The van der Waals surface area contributed by atoms with E-state index in [-0.39, 0.29) is 14.2 Å². The first kappa shape index (κ1) is 12.5. The Kier molecular flexibility index (Phi) is 4.19. The van der Waals surface area contributed by atoms with Gasteiger partial charge < -0.3 is 0 Å². The van der Waals surface area contributed by atoms with Gasteiger partial charge >= 0.3 is 0 Å². The molecule has 1 aromatic rings. The van der Waals surface area contributed by atoms with Crippen LogP contribution in [0.1, 0.15) is 16.8 Å². The van der Waals surface area contributed by atoms with Crippen LogP contribution in [0.25, 0.3) is 0 Å². The lowest BCUT2D eigenvalue weighted by Crippen LogP contribution is -2.15. The van der Waals surface area contributed by atoms with E-state index in [4.69, 9.17) is 23.2 Å². The SMILES string of the molecule is O=C(CC(=O)C(F)F)c1cc(Cl)sc1Cl. The van der Waals surface area contributed by atoms with Crippen molar-refractivity contribution in [1.29, 1.82) is 0 Å². The molecule has 0 spiro atoms. The van der Waals surface area contributed by atoms with E-state index in [0.29, 0.717) is 0 Å². The van der Waals surface area contributed by atoms with Crippen LogP contribution in [0.15, 0.2) is 6.07 Å². The van der Waals surface area contributed by atoms with Crippen LogP contribution in [0.5, 0.6) is 0 Å². The van der Waals surface area contributed by atoms with Gasteiger partial charge in [-0.1, -0.05) is 23.2 Å². The van der Waals surface area contributed by atoms with Crippen molar-refractivity contribution in [3.63, 3.8) is 0 Å². The molecule has 0 aliphatic heterocycles. The molecule has 0 amide bonds. The molecule has 0 saturated carbocycles. The molecule has 0 fully saturated rings. The van der Waals surface area contributed by atoms with E-state index in [2.05, 4.69) is 0 Å². The molecule has 0 unspecified atom stereocenters. The van der Waals surface area contributed by atoms with Crippen LogP contribution in [0.4, 0.5) is 8.78 Å². The molecular weight excluding hydrogens is 269 g/mol. The van der Waals surface area contributed by atoms with Gasteiger partial charge in [-0.2, -0.15) is 0 Å². The summed E-state index contributed by atoms with van der Waals surface area (Å²) in [4.78, 5) is 21.9. The molecule has 0 aromatic carbocycles. The Balaban J connectivity index is 2.78. The lowest BCUT2D eigenvalue weighted by Gasteiger charge is -1.97. The van der Waals surface area contributed by atoms with Crippen LogP contribution in [0.3, 0.4) is 0 Å². The van der Waals surface area contributed by atoms with Crippen molar-refractivity contribution in [2.45, 2.75) is 12.8 Å². The first-order chi connectivity index (χ1) is 6.91. The highest BCUT2D eigenvalue weighted by Crippen LogP contribution is 2.31. The highest BCUT2D eigenvalue weighted by molar-refractivity contribution is 7.20. The summed E-state index contributed by atoms with van der Waals surface area (Å²) in [6.07, 6.45) is -3.99. The van der Waals surface area contributed by atoms with Gasteiger partial charge in [-0.05, 0) is 6.07 Å². The lowest BCUT2D eigenvalue weighted by atomic mass is 10.1. The summed E-state index contributed by atoms with van der Waals surface area (Å²) in [5.74, 6) is -2.16. The number of halogens is 4. The summed E-state index contributed by atoms with van der Waals surface area (Å²) < 4.78 is 24.1. The minimum Gasteiger partial charge on any atom is -0.294 e. The van der Waals surface area contributed by atoms with Gasteiger partial charge in [-0.25, -0.2) is 8.78 Å². The van der Waals surface area contributed by atoms with Crippen LogP contribution in [-0.4, -0.2) is 18.0 Å². The average molecular weight is 273 g/mol. The molecule has 2 nitrogen and oxygen atoms in total. The van der Waals surface area contributed by atoms with Gasteiger partial charge in [0.15, 0.2) is 5.78 Å². The predicted molar refractivity (Wildman–Crippen MR) is 54.3 cm³/mol. The third-order valence-corrected chi connectivity index (χ3v) is 3.02. The molecule has 82 valence electrons. The van der Waals surface area contributed by atoms with Crippen molar-refractivity contribution in [3.05, 3.63) is 20.3 Å². The number of alkyl halides is 2. The molecule has 0 aliphatic carbocycles.